The molecule has 0 aliphatic carbocycles. The Morgan fingerprint density at radius 2 is 1.25 bits per heavy atom. The van der Waals surface area contributed by atoms with E-state index in [1.54, 1.807) is 26.4 Å². The number of aliphatic hydroxyl groups excluding tert-OH is 1. The highest BCUT2D eigenvalue weighted by Crippen LogP contribution is 2.42. The van der Waals surface area contributed by atoms with Crippen LogP contribution in [0.4, 0.5) is 0 Å². The lowest BCUT2D eigenvalue weighted by Crippen LogP contribution is -2.38. The summed E-state index contributed by atoms with van der Waals surface area (Å²) < 4.78 is 24.0. The summed E-state index contributed by atoms with van der Waals surface area (Å²) in [4.78, 5) is 26.3. The standard InChI is InChI=1S/C37H38N2O7.3C2H6/c1-38-36(42)32(26-10-6-4-7-11-26)23-39(25-40)35-22-33(41)34(46-35)24-45-37(27-12-8-5-9-13-27,28-14-18-30(43-2)19-15-28)29-16-20-31(44-3)21-17-29;3*1-2/h4-21,23,25,33-35,41H,22,24H2,1-3H3,(H,38,42);3*1-2H3/b32-23-;;;/t33-,34?,35-;;;/m1.../s1. The summed E-state index contributed by atoms with van der Waals surface area (Å²) in [6, 6.07) is 34.2. The fraction of sp³-hybridized carbons (Fsp3) is 0.349. The Kier molecular flexibility index (Phi) is 18.9. The second-order valence-corrected chi connectivity index (χ2v) is 10.8. The van der Waals surface area contributed by atoms with Crippen molar-refractivity contribution < 1.29 is 33.6 Å². The molecule has 1 aliphatic heterocycles. The van der Waals surface area contributed by atoms with Crippen LogP contribution in [0.1, 0.15) is 70.2 Å². The third-order valence-corrected chi connectivity index (χ3v) is 8.13. The van der Waals surface area contributed by atoms with E-state index in [0.717, 1.165) is 16.7 Å². The number of hydrogen-bond acceptors (Lipinski definition) is 7. The molecule has 0 saturated carbocycles. The van der Waals surface area contributed by atoms with Crippen LogP contribution in [0.25, 0.3) is 5.57 Å². The molecule has 5 rings (SSSR count). The third-order valence-electron chi connectivity index (χ3n) is 8.13. The van der Waals surface area contributed by atoms with Crippen LogP contribution < -0.4 is 14.8 Å². The van der Waals surface area contributed by atoms with Crippen LogP contribution in [-0.4, -0.2) is 68.6 Å². The van der Waals surface area contributed by atoms with E-state index >= 15 is 0 Å². The van der Waals surface area contributed by atoms with Gasteiger partial charge in [-0.15, -0.1) is 0 Å². The van der Waals surface area contributed by atoms with E-state index in [1.165, 1.54) is 18.1 Å². The zero-order valence-electron chi connectivity index (χ0n) is 32.0. The van der Waals surface area contributed by atoms with Crippen molar-refractivity contribution in [2.75, 3.05) is 27.9 Å². The molecule has 280 valence electrons. The minimum atomic E-state index is -1.11. The Bertz CT molecular complexity index is 1560. The smallest absolute Gasteiger partial charge is 0.253 e. The number of rotatable bonds is 13. The van der Waals surface area contributed by atoms with Gasteiger partial charge >= 0.3 is 0 Å². The van der Waals surface area contributed by atoms with Gasteiger partial charge in [0.2, 0.25) is 6.41 Å². The van der Waals surface area contributed by atoms with Crippen LogP contribution in [-0.2, 0) is 24.7 Å². The van der Waals surface area contributed by atoms with Crippen molar-refractivity contribution >= 4 is 17.9 Å². The van der Waals surface area contributed by atoms with Gasteiger partial charge in [-0.05, 0) is 46.5 Å². The van der Waals surface area contributed by atoms with Gasteiger partial charge in [0.25, 0.3) is 5.91 Å². The van der Waals surface area contributed by atoms with Crippen LogP contribution >= 0.6 is 0 Å². The van der Waals surface area contributed by atoms with E-state index < -0.39 is 24.0 Å². The molecule has 1 saturated heterocycles. The molecular formula is C43H56N2O7. The van der Waals surface area contributed by atoms with E-state index in [-0.39, 0.29) is 24.5 Å². The maximum atomic E-state index is 12.8. The minimum absolute atomic E-state index is 0.0119. The quantitative estimate of drug-likeness (QED) is 0.0828. The molecule has 2 amide bonds. The lowest BCUT2D eigenvalue weighted by molar-refractivity contribution is -0.132. The molecule has 3 atom stereocenters. The Balaban J connectivity index is 0.00000148. The SMILES string of the molecule is CC.CC.CC.CNC(=O)/C(=C\N(C=O)[C@H]1C[C@@H](O)C(COC(c2ccccc2)(c2ccc(OC)cc2)c2ccc(OC)cc2)O1)c1ccccc1. The molecule has 1 fully saturated rings. The van der Waals surface area contributed by atoms with E-state index in [9.17, 15) is 14.7 Å². The van der Waals surface area contributed by atoms with Gasteiger partial charge in [0, 0.05) is 19.7 Å². The van der Waals surface area contributed by atoms with E-state index in [1.807, 2.05) is 139 Å². The number of carbonyl (C=O) groups is 2. The molecule has 1 unspecified atom stereocenters. The third kappa shape index (κ3) is 10.5. The normalized spacial score (nSPS) is 16.3. The zero-order valence-corrected chi connectivity index (χ0v) is 32.0. The lowest BCUT2D eigenvalue weighted by Gasteiger charge is -2.37. The first-order chi connectivity index (χ1) is 25.4. The first kappa shape index (κ1) is 43.2. The Morgan fingerprint density at radius 3 is 1.69 bits per heavy atom. The van der Waals surface area contributed by atoms with Crippen molar-refractivity contribution in [2.24, 2.45) is 0 Å². The van der Waals surface area contributed by atoms with Gasteiger partial charge in [0.1, 0.15) is 29.4 Å². The van der Waals surface area contributed by atoms with Crippen molar-refractivity contribution in [3.63, 3.8) is 0 Å². The summed E-state index contributed by atoms with van der Waals surface area (Å²) in [5, 5.41) is 13.8. The van der Waals surface area contributed by atoms with Crippen molar-refractivity contribution in [2.45, 2.75) is 72.0 Å². The molecule has 0 radical (unpaired) electrons. The first-order valence-electron chi connectivity index (χ1n) is 18.0. The highest BCUT2D eigenvalue weighted by atomic mass is 16.6. The molecule has 9 nitrogen and oxygen atoms in total. The Morgan fingerprint density at radius 1 is 0.788 bits per heavy atom. The molecule has 9 heteroatoms. The molecule has 0 aromatic heterocycles. The molecule has 1 heterocycles. The van der Waals surface area contributed by atoms with Crippen molar-refractivity contribution in [3.8, 4) is 11.5 Å². The van der Waals surface area contributed by atoms with E-state index in [2.05, 4.69) is 5.32 Å². The van der Waals surface area contributed by atoms with E-state index in [0.29, 0.717) is 23.5 Å². The number of carbonyl (C=O) groups excluding carboxylic acids is 2. The fourth-order valence-corrected chi connectivity index (χ4v) is 5.68. The van der Waals surface area contributed by atoms with Crippen LogP contribution in [0.5, 0.6) is 11.5 Å². The largest absolute Gasteiger partial charge is 0.497 e. The summed E-state index contributed by atoms with van der Waals surface area (Å²) in [6.45, 7) is 12.0. The van der Waals surface area contributed by atoms with Crippen LogP contribution in [0, 0.1) is 0 Å². The van der Waals surface area contributed by atoms with Gasteiger partial charge in [-0.25, -0.2) is 0 Å². The average molecular weight is 713 g/mol. The summed E-state index contributed by atoms with van der Waals surface area (Å²) in [7, 11) is 4.76. The monoisotopic (exact) mass is 712 g/mol. The number of ether oxygens (including phenoxy) is 4. The number of aliphatic hydroxyl groups is 1. The van der Waals surface area contributed by atoms with Crippen LogP contribution in [0.3, 0.4) is 0 Å². The molecule has 1 aliphatic rings. The van der Waals surface area contributed by atoms with Crippen molar-refractivity contribution in [1.82, 2.24) is 10.2 Å². The summed E-state index contributed by atoms with van der Waals surface area (Å²) in [5.74, 6) is 1.04. The van der Waals surface area contributed by atoms with Gasteiger partial charge in [-0.3, -0.25) is 14.5 Å². The lowest BCUT2D eigenvalue weighted by atomic mass is 9.80. The maximum absolute atomic E-state index is 12.8. The number of methoxy groups -OCH3 is 2. The summed E-state index contributed by atoms with van der Waals surface area (Å²) >= 11 is 0. The van der Waals surface area contributed by atoms with Gasteiger partial charge in [-0.2, -0.15) is 0 Å². The average Bonchev–Trinajstić information content (AvgIpc) is 3.61. The number of likely N-dealkylation sites (N-methyl/N-ethyl adjacent to an activating group) is 1. The fourth-order valence-electron chi connectivity index (χ4n) is 5.68. The van der Waals surface area contributed by atoms with Gasteiger partial charge in [0.15, 0.2) is 0 Å². The van der Waals surface area contributed by atoms with Crippen LogP contribution in [0.15, 0.2) is 115 Å². The number of benzene rings is 4. The van der Waals surface area contributed by atoms with E-state index in [4.69, 9.17) is 18.9 Å². The molecule has 4 aromatic carbocycles. The maximum Gasteiger partial charge on any atom is 0.253 e. The topological polar surface area (TPSA) is 107 Å². The molecule has 0 spiro atoms. The summed E-state index contributed by atoms with van der Waals surface area (Å²) in [5.41, 5.74) is 2.36. The van der Waals surface area contributed by atoms with Gasteiger partial charge < -0.3 is 29.4 Å². The zero-order chi connectivity index (χ0) is 38.5. The van der Waals surface area contributed by atoms with Crippen LogP contribution in [0.2, 0.25) is 0 Å². The summed E-state index contributed by atoms with van der Waals surface area (Å²) in [6.07, 6.45) is -0.373. The molecule has 52 heavy (non-hydrogen) atoms. The Labute approximate surface area is 310 Å². The highest BCUT2D eigenvalue weighted by molar-refractivity contribution is 6.19. The number of hydrogen-bond donors (Lipinski definition) is 2. The second-order valence-electron chi connectivity index (χ2n) is 10.8. The second kappa shape index (κ2) is 22.8. The number of amides is 2. The Hall–Kier alpha value is -4.96. The first-order valence-corrected chi connectivity index (χ1v) is 18.0. The highest BCUT2D eigenvalue weighted by Gasteiger charge is 2.42. The predicted molar refractivity (Wildman–Crippen MR) is 208 cm³/mol. The van der Waals surface area contributed by atoms with Crippen molar-refractivity contribution in [1.29, 1.82) is 0 Å². The van der Waals surface area contributed by atoms with Gasteiger partial charge in [0.05, 0.1) is 32.5 Å². The van der Waals surface area contributed by atoms with Crippen molar-refractivity contribution in [3.05, 3.63) is 138 Å². The molecule has 4 aromatic rings. The number of nitrogens with zero attached hydrogens (tertiary/aromatic N) is 1. The predicted octanol–water partition coefficient (Wildman–Crippen LogP) is 7.81. The molecule has 0 bridgehead atoms. The minimum Gasteiger partial charge on any atom is -0.497 e. The molecule has 2 N–H and O–H groups in total. The molecular weight excluding hydrogens is 656 g/mol. The van der Waals surface area contributed by atoms with Gasteiger partial charge in [-0.1, -0.05) is 126 Å². The number of nitrogens with one attached hydrogen (secondary N) is 1.